The van der Waals surface area contributed by atoms with Gasteiger partial charge in [0.05, 0.1) is 11.3 Å². The smallest absolute Gasteiger partial charge is 0.337 e. The Labute approximate surface area is 140 Å². The van der Waals surface area contributed by atoms with Crippen LogP contribution in [0.5, 0.6) is 0 Å². The van der Waals surface area contributed by atoms with Gasteiger partial charge in [-0.15, -0.1) is 0 Å². The third kappa shape index (κ3) is 4.54. The van der Waals surface area contributed by atoms with Gasteiger partial charge in [0.25, 0.3) is 0 Å². The fourth-order valence-electron chi connectivity index (χ4n) is 2.71. The minimum Gasteiger partial charge on any atom is -0.478 e. The van der Waals surface area contributed by atoms with Crippen molar-refractivity contribution >= 4 is 49.4 Å². The van der Waals surface area contributed by atoms with Gasteiger partial charge >= 0.3 is 5.97 Å². The Morgan fingerprint density at radius 2 is 1.86 bits per heavy atom. The van der Waals surface area contributed by atoms with Crippen LogP contribution in [0.4, 0.5) is 5.69 Å². The average Bonchev–Trinajstić information content (AvgIpc) is 2.42. The van der Waals surface area contributed by atoms with Gasteiger partial charge in [0.2, 0.25) is 5.91 Å². The number of rotatable bonds is 4. The van der Waals surface area contributed by atoms with Gasteiger partial charge in [0.1, 0.15) is 0 Å². The molecule has 1 aliphatic carbocycles. The zero-order chi connectivity index (χ0) is 15.4. The van der Waals surface area contributed by atoms with E-state index in [4.69, 9.17) is 0 Å². The molecule has 1 fully saturated rings. The van der Waals surface area contributed by atoms with Crippen LogP contribution in [0.2, 0.25) is 0 Å². The number of hydrogen-bond donors (Lipinski definition) is 2. The fraction of sp³-hybridized carbons (Fsp3) is 0.467. The van der Waals surface area contributed by atoms with Crippen molar-refractivity contribution in [1.29, 1.82) is 0 Å². The van der Waals surface area contributed by atoms with Crippen molar-refractivity contribution in [3.05, 3.63) is 26.6 Å². The topological polar surface area (TPSA) is 66.4 Å². The molecule has 1 aromatic carbocycles. The molecular formula is C15H17Br2NO3. The lowest BCUT2D eigenvalue weighted by atomic mass is 9.87. The van der Waals surface area contributed by atoms with Gasteiger partial charge in [-0.05, 0) is 46.8 Å². The fourth-order valence-corrected chi connectivity index (χ4v) is 4.04. The molecule has 0 bridgehead atoms. The number of benzene rings is 1. The maximum Gasteiger partial charge on any atom is 0.337 e. The van der Waals surface area contributed by atoms with Crippen molar-refractivity contribution in [3.63, 3.8) is 0 Å². The van der Waals surface area contributed by atoms with Gasteiger partial charge in [-0.25, -0.2) is 4.79 Å². The molecule has 0 spiro atoms. The number of aromatic carboxylic acids is 1. The van der Waals surface area contributed by atoms with Crippen LogP contribution >= 0.6 is 31.9 Å². The largest absolute Gasteiger partial charge is 0.478 e. The number of amides is 1. The Bertz CT molecular complexity index is 554. The molecule has 0 unspecified atom stereocenters. The van der Waals surface area contributed by atoms with Crippen molar-refractivity contribution in [2.24, 2.45) is 5.92 Å². The van der Waals surface area contributed by atoms with Crippen molar-refractivity contribution in [2.45, 2.75) is 38.5 Å². The van der Waals surface area contributed by atoms with E-state index in [2.05, 4.69) is 37.2 Å². The highest BCUT2D eigenvalue weighted by Crippen LogP contribution is 2.32. The predicted octanol–water partition coefficient (Wildman–Crippen LogP) is 4.82. The number of hydrogen-bond acceptors (Lipinski definition) is 2. The molecule has 1 saturated carbocycles. The van der Waals surface area contributed by atoms with Crippen LogP contribution in [0, 0.1) is 5.92 Å². The second-order valence-electron chi connectivity index (χ2n) is 5.37. The lowest BCUT2D eigenvalue weighted by Gasteiger charge is -2.21. The third-order valence-electron chi connectivity index (χ3n) is 3.75. The summed E-state index contributed by atoms with van der Waals surface area (Å²) < 4.78 is 1.21. The standard InChI is InChI=1S/C15H17Br2NO3/c16-10-7-11(15(20)21)14(12(17)8-10)18-13(19)6-9-4-2-1-3-5-9/h7-9H,1-6H2,(H,18,19)(H,20,21). The monoisotopic (exact) mass is 417 g/mol. The quantitative estimate of drug-likeness (QED) is 0.736. The molecule has 1 amide bonds. The molecule has 2 rings (SSSR count). The van der Waals surface area contributed by atoms with Gasteiger partial charge in [0, 0.05) is 15.4 Å². The molecule has 114 valence electrons. The Morgan fingerprint density at radius 1 is 1.19 bits per heavy atom. The highest BCUT2D eigenvalue weighted by molar-refractivity contribution is 9.11. The maximum absolute atomic E-state index is 12.2. The number of carboxylic acids is 1. The summed E-state index contributed by atoms with van der Waals surface area (Å²) >= 11 is 6.57. The zero-order valence-corrected chi connectivity index (χ0v) is 14.7. The highest BCUT2D eigenvalue weighted by Gasteiger charge is 2.20. The van der Waals surface area contributed by atoms with Crippen LogP contribution < -0.4 is 5.32 Å². The van der Waals surface area contributed by atoms with E-state index in [1.54, 1.807) is 6.07 Å². The normalized spacial score (nSPS) is 15.7. The number of nitrogens with one attached hydrogen (secondary N) is 1. The van der Waals surface area contributed by atoms with Crippen LogP contribution in [0.1, 0.15) is 48.9 Å². The molecule has 0 atom stereocenters. The first-order valence-corrected chi connectivity index (χ1v) is 8.58. The Morgan fingerprint density at radius 3 is 2.48 bits per heavy atom. The lowest BCUT2D eigenvalue weighted by molar-refractivity contribution is -0.117. The number of anilines is 1. The number of carboxylic acid groups (broad SMARTS) is 1. The number of halogens is 2. The van der Waals surface area contributed by atoms with E-state index < -0.39 is 5.97 Å². The SMILES string of the molecule is O=C(CC1CCCCC1)Nc1c(Br)cc(Br)cc1C(=O)O. The highest BCUT2D eigenvalue weighted by atomic mass is 79.9. The molecule has 2 N–H and O–H groups in total. The van der Waals surface area contributed by atoms with E-state index in [0.29, 0.717) is 27.0 Å². The maximum atomic E-state index is 12.2. The van der Waals surface area contributed by atoms with Gasteiger partial charge in [0.15, 0.2) is 0 Å². The first kappa shape index (κ1) is 16.5. The number of carbonyl (C=O) groups is 2. The summed E-state index contributed by atoms with van der Waals surface area (Å²) in [6.07, 6.45) is 6.24. The molecule has 1 aliphatic rings. The first-order valence-electron chi connectivity index (χ1n) is 6.99. The Hall–Kier alpha value is -0.880. The van der Waals surface area contributed by atoms with E-state index in [1.807, 2.05) is 0 Å². The molecule has 0 aliphatic heterocycles. The lowest BCUT2D eigenvalue weighted by Crippen LogP contribution is -2.20. The van der Waals surface area contributed by atoms with Crippen molar-refractivity contribution in [3.8, 4) is 0 Å². The third-order valence-corrected chi connectivity index (χ3v) is 4.83. The van der Waals surface area contributed by atoms with E-state index in [1.165, 1.54) is 25.3 Å². The average molecular weight is 419 g/mol. The summed E-state index contributed by atoms with van der Waals surface area (Å²) in [6.45, 7) is 0. The van der Waals surface area contributed by atoms with Gasteiger partial charge in [-0.3, -0.25) is 4.79 Å². The van der Waals surface area contributed by atoms with Crippen molar-refractivity contribution < 1.29 is 14.7 Å². The Kier molecular flexibility index (Phi) is 5.81. The molecular weight excluding hydrogens is 402 g/mol. The zero-order valence-electron chi connectivity index (χ0n) is 11.5. The van der Waals surface area contributed by atoms with Crippen molar-refractivity contribution in [2.75, 3.05) is 5.32 Å². The Balaban J connectivity index is 2.11. The van der Waals surface area contributed by atoms with E-state index >= 15 is 0 Å². The summed E-state index contributed by atoms with van der Waals surface area (Å²) in [5.74, 6) is -0.765. The van der Waals surface area contributed by atoms with Crippen molar-refractivity contribution in [1.82, 2.24) is 0 Å². The van der Waals surface area contributed by atoms with E-state index in [0.717, 1.165) is 12.8 Å². The first-order chi connectivity index (χ1) is 9.97. The number of carbonyl (C=O) groups excluding carboxylic acids is 1. The minimum absolute atomic E-state index is 0.0771. The van der Waals surface area contributed by atoms with Crippen LogP contribution in [0.3, 0.4) is 0 Å². The summed E-state index contributed by atoms with van der Waals surface area (Å²) in [6, 6.07) is 3.21. The summed E-state index contributed by atoms with van der Waals surface area (Å²) in [5.41, 5.74) is 0.403. The molecule has 0 saturated heterocycles. The summed E-state index contributed by atoms with van der Waals surface area (Å²) in [5, 5.41) is 12.0. The molecule has 1 aromatic rings. The van der Waals surface area contributed by atoms with E-state index in [-0.39, 0.29) is 11.5 Å². The summed E-state index contributed by atoms with van der Waals surface area (Å²) in [7, 11) is 0. The molecule has 0 radical (unpaired) electrons. The van der Waals surface area contributed by atoms with Gasteiger partial charge in [-0.2, -0.15) is 0 Å². The van der Waals surface area contributed by atoms with Gasteiger partial charge in [-0.1, -0.05) is 35.2 Å². The van der Waals surface area contributed by atoms with Crippen LogP contribution in [0.25, 0.3) is 0 Å². The summed E-state index contributed by atoms with van der Waals surface area (Å²) in [4.78, 5) is 23.5. The minimum atomic E-state index is -1.06. The molecule has 0 heterocycles. The molecule has 6 heteroatoms. The second kappa shape index (κ2) is 7.40. The van der Waals surface area contributed by atoms with Gasteiger partial charge < -0.3 is 10.4 Å². The predicted molar refractivity (Wildman–Crippen MR) is 88.6 cm³/mol. The second-order valence-corrected chi connectivity index (χ2v) is 7.14. The van der Waals surface area contributed by atoms with Crippen LogP contribution in [0.15, 0.2) is 21.1 Å². The van der Waals surface area contributed by atoms with E-state index in [9.17, 15) is 14.7 Å². The molecule has 4 nitrogen and oxygen atoms in total. The van der Waals surface area contributed by atoms with Crippen LogP contribution in [-0.4, -0.2) is 17.0 Å². The molecule has 0 aromatic heterocycles. The van der Waals surface area contributed by atoms with Crippen LogP contribution in [-0.2, 0) is 4.79 Å². The molecule has 21 heavy (non-hydrogen) atoms.